The number of para-hydroxylation sites is 1. The lowest BCUT2D eigenvalue weighted by Crippen LogP contribution is -2.44. The van der Waals surface area contributed by atoms with Crippen molar-refractivity contribution in [2.45, 2.75) is 13.8 Å². The zero-order valence-electron chi connectivity index (χ0n) is 23.7. The Labute approximate surface area is 244 Å². The SMILES string of the molecule is Cc1cc(Nc2ncc(C(=O)Nc3c(C)cccc3OCCN3CCNCC3)s2)nc(OCCN2CCNCC2)n1. The maximum atomic E-state index is 13.2. The van der Waals surface area contributed by atoms with Crippen LogP contribution in [0.25, 0.3) is 0 Å². The lowest BCUT2D eigenvalue weighted by Gasteiger charge is -2.27. The van der Waals surface area contributed by atoms with Crippen LogP contribution >= 0.6 is 11.3 Å². The minimum absolute atomic E-state index is 0.243. The monoisotopic (exact) mass is 581 g/mol. The van der Waals surface area contributed by atoms with Crippen molar-refractivity contribution in [3.8, 4) is 11.8 Å². The highest BCUT2D eigenvalue weighted by Gasteiger charge is 2.17. The number of aromatic nitrogens is 3. The minimum Gasteiger partial charge on any atom is -0.490 e. The molecule has 0 aliphatic carbocycles. The van der Waals surface area contributed by atoms with E-state index in [4.69, 9.17) is 9.47 Å². The molecule has 2 aliphatic heterocycles. The number of nitrogens with one attached hydrogen (secondary N) is 4. The van der Waals surface area contributed by atoms with Gasteiger partial charge in [-0.05, 0) is 25.5 Å². The highest BCUT2D eigenvalue weighted by Crippen LogP contribution is 2.30. The Morgan fingerprint density at radius 1 is 0.976 bits per heavy atom. The molecule has 0 saturated carbocycles. The quantitative estimate of drug-likeness (QED) is 0.251. The fraction of sp³-hybridized carbons (Fsp3) is 0.500. The molecule has 2 fully saturated rings. The van der Waals surface area contributed by atoms with Gasteiger partial charge in [-0.3, -0.25) is 14.6 Å². The van der Waals surface area contributed by atoms with Gasteiger partial charge >= 0.3 is 6.01 Å². The van der Waals surface area contributed by atoms with Crippen molar-refractivity contribution < 1.29 is 14.3 Å². The van der Waals surface area contributed by atoms with E-state index in [1.807, 2.05) is 38.1 Å². The predicted octanol–water partition coefficient (Wildman–Crippen LogP) is 2.11. The van der Waals surface area contributed by atoms with E-state index in [1.165, 1.54) is 11.3 Å². The van der Waals surface area contributed by atoms with Crippen LogP contribution in [0.5, 0.6) is 11.8 Å². The van der Waals surface area contributed by atoms with Crippen molar-refractivity contribution in [3.63, 3.8) is 0 Å². The zero-order valence-corrected chi connectivity index (χ0v) is 24.6. The van der Waals surface area contributed by atoms with E-state index < -0.39 is 0 Å². The number of ether oxygens (including phenoxy) is 2. The average molecular weight is 582 g/mol. The van der Waals surface area contributed by atoms with Crippen LogP contribution < -0.4 is 30.7 Å². The van der Waals surface area contributed by atoms with E-state index in [9.17, 15) is 4.79 Å². The summed E-state index contributed by atoms with van der Waals surface area (Å²) in [5, 5.41) is 13.5. The van der Waals surface area contributed by atoms with Crippen LogP contribution in [-0.4, -0.2) is 109 Å². The molecule has 1 amide bonds. The number of aryl methyl sites for hydroxylation is 2. The summed E-state index contributed by atoms with van der Waals surface area (Å²) in [6.45, 7) is 14.7. The summed E-state index contributed by atoms with van der Waals surface area (Å²) in [7, 11) is 0. The molecule has 5 rings (SSSR count). The van der Waals surface area contributed by atoms with Crippen molar-refractivity contribution in [2.24, 2.45) is 0 Å². The number of benzene rings is 1. The topological polar surface area (TPSA) is 129 Å². The summed E-state index contributed by atoms with van der Waals surface area (Å²) in [6, 6.07) is 7.93. The second kappa shape index (κ2) is 14.5. The molecule has 2 saturated heterocycles. The number of rotatable bonds is 12. The third-order valence-electron chi connectivity index (χ3n) is 6.99. The number of hydrogen-bond donors (Lipinski definition) is 4. The lowest BCUT2D eigenvalue weighted by molar-refractivity contribution is 0.102. The third-order valence-corrected chi connectivity index (χ3v) is 7.91. The van der Waals surface area contributed by atoms with E-state index >= 15 is 0 Å². The van der Waals surface area contributed by atoms with Gasteiger partial charge in [-0.1, -0.05) is 23.5 Å². The molecule has 13 heteroatoms. The average Bonchev–Trinajstić information content (AvgIpc) is 3.44. The zero-order chi connectivity index (χ0) is 28.4. The van der Waals surface area contributed by atoms with Gasteiger partial charge in [0.15, 0.2) is 5.13 Å². The van der Waals surface area contributed by atoms with E-state index in [0.717, 1.165) is 76.7 Å². The van der Waals surface area contributed by atoms with Gasteiger partial charge in [0.05, 0.1) is 11.9 Å². The largest absolute Gasteiger partial charge is 0.490 e. The Kier molecular flexibility index (Phi) is 10.3. The first kappa shape index (κ1) is 29.1. The second-order valence-electron chi connectivity index (χ2n) is 10.1. The number of piperazine rings is 2. The number of nitrogens with zero attached hydrogens (tertiary/aromatic N) is 5. The third kappa shape index (κ3) is 8.57. The van der Waals surface area contributed by atoms with Crippen LogP contribution in [-0.2, 0) is 0 Å². The molecule has 1 aromatic carbocycles. The molecule has 220 valence electrons. The van der Waals surface area contributed by atoms with E-state index in [1.54, 1.807) is 6.20 Å². The molecule has 0 bridgehead atoms. The summed E-state index contributed by atoms with van der Waals surface area (Å²) in [4.78, 5) is 31.7. The van der Waals surface area contributed by atoms with Crippen molar-refractivity contribution in [1.82, 2.24) is 35.4 Å². The van der Waals surface area contributed by atoms with Gasteiger partial charge in [0.1, 0.15) is 29.7 Å². The van der Waals surface area contributed by atoms with Gasteiger partial charge in [0.25, 0.3) is 5.91 Å². The van der Waals surface area contributed by atoms with Gasteiger partial charge in [-0.15, -0.1) is 0 Å². The first-order chi connectivity index (χ1) is 20.0. The molecule has 3 aromatic rings. The lowest BCUT2D eigenvalue weighted by atomic mass is 10.2. The molecule has 41 heavy (non-hydrogen) atoms. The molecule has 4 N–H and O–H groups in total. The standard InChI is InChI=1S/C28H39N9O3S/c1-20-4-3-5-22(39-16-14-36-10-6-29-7-11-36)25(20)35-26(38)23-19-31-28(41-23)34-24-18-21(2)32-27(33-24)40-17-15-37-12-8-30-9-13-37/h3-5,18-19,29-30H,6-17H2,1-2H3,(H,35,38)(H,31,32,33,34). The Balaban J connectivity index is 1.16. The molecule has 0 unspecified atom stereocenters. The molecular formula is C28H39N9O3S. The van der Waals surface area contributed by atoms with E-state index in [0.29, 0.717) is 46.5 Å². The first-order valence-corrected chi connectivity index (χ1v) is 15.0. The Morgan fingerprint density at radius 2 is 1.66 bits per heavy atom. The number of carbonyl (C=O) groups is 1. The normalized spacial score (nSPS) is 16.3. The highest BCUT2D eigenvalue weighted by molar-refractivity contribution is 7.17. The summed E-state index contributed by atoms with van der Waals surface area (Å²) in [6.07, 6.45) is 1.56. The van der Waals surface area contributed by atoms with Crippen LogP contribution in [0.3, 0.4) is 0 Å². The van der Waals surface area contributed by atoms with E-state index in [-0.39, 0.29) is 5.91 Å². The van der Waals surface area contributed by atoms with Gasteiger partial charge in [0, 0.05) is 77.2 Å². The molecule has 12 nitrogen and oxygen atoms in total. The minimum atomic E-state index is -0.243. The van der Waals surface area contributed by atoms with Crippen molar-refractivity contribution in [3.05, 3.63) is 46.6 Å². The number of anilines is 3. The molecule has 2 aliphatic rings. The van der Waals surface area contributed by atoms with Gasteiger partial charge < -0.3 is 30.7 Å². The molecule has 0 spiro atoms. The molecule has 2 aromatic heterocycles. The fourth-order valence-corrected chi connectivity index (χ4v) is 5.45. The maximum Gasteiger partial charge on any atom is 0.318 e. The van der Waals surface area contributed by atoms with Crippen molar-refractivity contribution >= 4 is 33.9 Å². The van der Waals surface area contributed by atoms with Gasteiger partial charge in [-0.2, -0.15) is 4.98 Å². The molecular weight excluding hydrogens is 542 g/mol. The number of thiazole rings is 1. The van der Waals surface area contributed by atoms with Crippen LogP contribution in [0.1, 0.15) is 20.9 Å². The number of carbonyl (C=O) groups excluding carboxylic acids is 1. The Bertz CT molecular complexity index is 1290. The van der Waals surface area contributed by atoms with Gasteiger partial charge in [0.2, 0.25) is 0 Å². The van der Waals surface area contributed by atoms with Gasteiger partial charge in [-0.25, -0.2) is 9.97 Å². The second-order valence-corrected chi connectivity index (χ2v) is 11.1. The highest BCUT2D eigenvalue weighted by atomic mass is 32.1. The first-order valence-electron chi connectivity index (χ1n) is 14.1. The van der Waals surface area contributed by atoms with Crippen LogP contribution in [0.2, 0.25) is 0 Å². The Hall–Kier alpha value is -3.36. The van der Waals surface area contributed by atoms with Crippen molar-refractivity contribution in [2.75, 3.05) is 89.3 Å². The van der Waals surface area contributed by atoms with Crippen LogP contribution in [0, 0.1) is 13.8 Å². The smallest absolute Gasteiger partial charge is 0.318 e. The molecule has 4 heterocycles. The summed E-state index contributed by atoms with van der Waals surface area (Å²) >= 11 is 1.25. The van der Waals surface area contributed by atoms with Crippen LogP contribution in [0.4, 0.5) is 16.6 Å². The number of hydrogen-bond acceptors (Lipinski definition) is 12. The van der Waals surface area contributed by atoms with E-state index in [2.05, 4.69) is 46.0 Å². The number of amides is 1. The fourth-order valence-electron chi connectivity index (χ4n) is 4.73. The summed E-state index contributed by atoms with van der Waals surface area (Å²) < 4.78 is 11.9. The predicted molar refractivity (Wildman–Crippen MR) is 161 cm³/mol. The van der Waals surface area contributed by atoms with Crippen LogP contribution in [0.15, 0.2) is 30.5 Å². The molecule has 0 atom stereocenters. The summed E-state index contributed by atoms with van der Waals surface area (Å²) in [5.74, 6) is 0.986. The molecule has 0 radical (unpaired) electrons. The Morgan fingerprint density at radius 3 is 2.37 bits per heavy atom. The maximum absolute atomic E-state index is 13.2. The summed E-state index contributed by atoms with van der Waals surface area (Å²) in [5.41, 5.74) is 2.38. The van der Waals surface area contributed by atoms with Crippen molar-refractivity contribution in [1.29, 1.82) is 0 Å².